The minimum absolute atomic E-state index is 0.0662. The predicted molar refractivity (Wildman–Crippen MR) is 106 cm³/mol. The summed E-state index contributed by atoms with van der Waals surface area (Å²) in [7, 11) is 0. The summed E-state index contributed by atoms with van der Waals surface area (Å²) >= 11 is 0. The van der Waals surface area contributed by atoms with Crippen LogP contribution in [0.2, 0.25) is 0 Å². The number of pyridine rings is 1. The fourth-order valence-corrected chi connectivity index (χ4v) is 3.97. The molecule has 32 heavy (non-hydrogen) atoms. The van der Waals surface area contributed by atoms with E-state index in [2.05, 4.69) is 20.1 Å². The number of hydrogen-bond donors (Lipinski definition) is 0. The summed E-state index contributed by atoms with van der Waals surface area (Å²) in [6.45, 7) is 2.66. The molecule has 1 saturated heterocycles. The van der Waals surface area contributed by atoms with Crippen LogP contribution in [0.4, 0.5) is 27.8 Å². The Morgan fingerprint density at radius 1 is 1.19 bits per heavy atom. The second kappa shape index (κ2) is 8.83. The lowest BCUT2D eigenvalue weighted by Crippen LogP contribution is -2.42. The van der Waals surface area contributed by atoms with Gasteiger partial charge in [0, 0.05) is 25.2 Å². The van der Waals surface area contributed by atoms with Gasteiger partial charge in [-0.15, -0.1) is 0 Å². The molecule has 1 fully saturated rings. The van der Waals surface area contributed by atoms with Gasteiger partial charge in [0.25, 0.3) is 6.43 Å². The highest BCUT2D eigenvalue weighted by atomic mass is 19.4. The molecule has 1 aliphatic rings. The number of aromatic nitrogens is 5. The number of alkyl halides is 5. The Morgan fingerprint density at radius 2 is 2.00 bits per heavy atom. The first-order valence-electron chi connectivity index (χ1n) is 10.1. The number of rotatable bonds is 6. The van der Waals surface area contributed by atoms with E-state index in [-0.39, 0.29) is 29.8 Å². The Labute approximate surface area is 180 Å². The third-order valence-corrected chi connectivity index (χ3v) is 5.23. The molecule has 0 aromatic carbocycles. The Bertz CT molecular complexity index is 1070. The molecule has 4 rings (SSSR count). The number of ether oxygens (including phenoxy) is 1. The molecule has 0 bridgehead atoms. The SMILES string of the molecule is C[C@@H]1C[C@H](COc2cccnc2C(F)(F)F)CN(c2cnc3cnn(CC(F)F)c3n2)C1. The zero-order chi connectivity index (χ0) is 22.9. The van der Waals surface area contributed by atoms with Crippen molar-refractivity contribution in [1.29, 1.82) is 0 Å². The third kappa shape index (κ3) is 4.89. The molecule has 0 unspecified atom stereocenters. The lowest BCUT2D eigenvalue weighted by Gasteiger charge is -2.37. The van der Waals surface area contributed by atoms with Crippen LogP contribution in [-0.2, 0) is 12.7 Å². The smallest absolute Gasteiger partial charge is 0.437 e. The summed E-state index contributed by atoms with van der Waals surface area (Å²) < 4.78 is 71.7. The summed E-state index contributed by atoms with van der Waals surface area (Å²) in [6.07, 6.45) is -2.40. The Balaban J connectivity index is 1.49. The van der Waals surface area contributed by atoms with Crippen molar-refractivity contribution in [3.05, 3.63) is 36.4 Å². The fraction of sp³-hybridized carbons (Fsp3) is 0.500. The maximum atomic E-state index is 13.2. The Kier molecular flexibility index (Phi) is 6.11. The zero-order valence-corrected chi connectivity index (χ0v) is 17.1. The van der Waals surface area contributed by atoms with Crippen LogP contribution in [0.5, 0.6) is 5.75 Å². The molecular weight excluding hydrogens is 435 g/mol. The fourth-order valence-electron chi connectivity index (χ4n) is 3.97. The molecule has 12 heteroatoms. The number of anilines is 1. The molecule has 0 spiro atoms. The molecule has 3 aromatic rings. The van der Waals surface area contributed by atoms with Gasteiger partial charge in [0.05, 0.1) is 19.0 Å². The maximum Gasteiger partial charge on any atom is 0.437 e. The summed E-state index contributed by atoms with van der Waals surface area (Å²) in [4.78, 5) is 14.1. The largest absolute Gasteiger partial charge is 0.491 e. The number of piperidine rings is 1. The van der Waals surface area contributed by atoms with Crippen molar-refractivity contribution < 1.29 is 26.7 Å². The normalized spacial score (nSPS) is 19.7. The van der Waals surface area contributed by atoms with Crippen molar-refractivity contribution in [1.82, 2.24) is 24.7 Å². The molecule has 1 aliphatic heterocycles. The molecule has 3 aromatic heterocycles. The molecule has 4 heterocycles. The first kappa shape index (κ1) is 22.2. The van der Waals surface area contributed by atoms with E-state index in [4.69, 9.17) is 4.74 Å². The third-order valence-electron chi connectivity index (χ3n) is 5.23. The standard InChI is InChI=1S/C20H21F5N6O/c1-12-5-13(11-32-15-3-2-4-26-18(15)20(23,24)25)9-30(8-12)17-7-27-14-6-28-31(10-16(21)22)19(14)29-17/h2-4,6-7,12-13,16H,5,8-11H2,1H3/t12-,13+/m1/s1. The zero-order valence-electron chi connectivity index (χ0n) is 17.1. The average Bonchev–Trinajstić information content (AvgIpc) is 3.13. The van der Waals surface area contributed by atoms with Crippen LogP contribution in [-0.4, -0.2) is 50.9 Å². The van der Waals surface area contributed by atoms with E-state index in [9.17, 15) is 22.0 Å². The highest BCUT2D eigenvalue weighted by Crippen LogP contribution is 2.35. The molecule has 0 saturated carbocycles. The lowest BCUT2D eigenvalue weighted by molar-refractivity contribution is -0.142. The van der Waals surface area contributed by atoms with Gasteiger partial charge in [0.15, 0.2) is 11.3 Å². The quantitative estimate of drug-likeness (QED) is 0.522. The Morgan fingerprint density at radius 3 is 2.75 bits per heavy atom. The summed E-state index contributed by atoms with van der Waals surface area (Å²) in [5.74, 6) is 0.352. The molecule has 0 radical (unpaired) electrons. The highest BCUT2D eigenvalue weighted by molar-refractivity contribution is 5.71. The first-order chi connectivity index (χ1) is 15.2. The van der Waals surface area contributed by atoms with Crippen molar-refractivity contribution >= 4 is 17.0 Å². The molecule has 0 N–H and O–H groups in total. The molecule has 172 valence electrons. The van der Waals surface area contributed by atoms with Gasteiger partial charge in [-0.25, -0.2) is 28.4 Å². The highest BCUT2D eigenvalue weighted by Gasteiger charge is 2.36. The van der Waals surface area contributed by atoms with Crippen molar-refractivity contribution in [3.8, 4) is 5.75 Å². The monoisotopic (exact) mass is 456 g/mol. The number of nitrogens with zero attached hydrogens (tertiary/aromatic N) is 6. The van der Waals surface area contributed by atoms with Gasteiger partial charge < -0.3 is 9.64 Å². The summed E-state index contributed by atoms with van der Waals surface area (Å²) in [6, 6.07) is 2.65. The van der Waals surface area contributed by atoms with Crippen LogP contribution in [0.1, 0.15) is 19.0 Å². The molecular formula is C20H21F5N6O. The predicted octanol–water partition coefficient (Wildman–Crippen LogP) is 4.05. The van der Waals surface area contributed by atoms with Gasteiger partial charge in [0.1, 0.15) is 23.6 Å². The first-order valence-corrected chi connectivity index (χ1v) is 10.1. The van der Waals surface area contributed by atoms with E-state index in [1.54, 1.807) is 6.20 Å². The van der Waals surface area contributed by atoms with Gasteiger partial charge >= 0.3 is 6.18 Å². The van der Waals surface area contributed by atoms with Gasteiger partial charge in [-0.1, -0.05) is 6.92 Å². The molecule has 0 aliphatic carbocycles. The maximum absolute atomic E-state index is 13.2. The number of hydrogen-bond acceptors (Lipinski definition) is 6. The van der Waals surface area contributed by atoms with E-state index >= 15 is 0 Å². The van der Waals surface area contributed by atoms with Crippen LogP contribution >= 0.6 is 0 Å². The van der Waals surface area contributed by atoms with Crippen molar-refractivity contribution in [2.75, 3.05) is 24.6 Å². The lowest BCUT2D eigenvalue weighted by atomic mass is 9.91. The van der Waals surface area contributed by atoms with Crippen molar-refractivity contribution in [2.24, 2.45) is 11.8 Å². The molecule has 7 nitrogen and oxygen atoms in total. The summed E-state index contributed by atoms with van der Waals surface area (Å²) in [5.41, 5.74) is -0.376. The average molecular weight is 456 g/mol. The van der Waals surface area contributed by atoms with Crippen LogP contribution in [0.3, 0.4) is 0 Å². The van der Waals surface area contributed by atoms with Crippen LogP contribution in [0.25, 0.3) is 11.2 Å². The van der Waals surface area contributed by atoms with Gasteiger partial charge in [-0.05, 0) is 24.5 Å². The second-order valence-electron chi connectivity index (χ2n) is 7.93. The van der Waals surface area contributed by atoms with Crippen LogP contribution < -0.4 is 9.64 Å². The minimum Gasteiger partial charge on any atom is -0.491 e. The number of fused-ring (bicyclic) bond motifs is 1. The van der Waals surface area contributed by atoms with Gasteiger partial charge in [0.2, 0.25) is 0 Å². The van der Waals surface area contributed by atoms with Gasteiger partial charge in [-0.2, -0.15) is 18.3 Å². The van der Waals surface area contributed by atoms with E-state index in [1.807, 2.05) is 11.8 Å². The van der Waals surface area contributed by atoms with Crippen LogP contribution in [0.15, 0.2) is 30.7 Å². The topological polar surface area (TPSA) is 69.0 Å². The minimum atomic E-state index is -4.60. The van der Waals surface area contributed by atoms with E-state index in [1.165, 1.54) is 18.3 Å². The molecule has 0 amide bonds. The second-order valence-corrected chi connectivity index (χ2v) is 7.93. The van der Waals surface area contributed by atoms with Crippen LogP contribution in [0, 0.1) is 11.8 Å². The van der Waals surface area contributed by atoms with E-state index < -0.39 is 24.8 Å². The van der Waals surface area contributed by atoms with Gasteiger partial charge in [-0.3, -0.25) is 0 Å². The molecule has 2 atom stereocenters. The van der Waals surface area contributed by atoms with Crippen molar-refractivity contribution in [2.45, 2.75) is 32.5 Å². The van der Waals surface area contributed by atoms with E-state index in [0.717, 1.165) is 17.3 Å². The Hall–Kier alpha value is -3.05. The number of halogens is 5. The van der Waals surface area contributed by atoms with Crippen molar-refractivity contribution in [3.63, 3.8) is 0 Å². The van der Waals surface area contributed by atoms with E-state index in [0.29, 0.717) is 24.4 Å². The summed E-state index contributed by atoms with van der Waals surface area (Å²) in [5, 5.41) is 3.92.